The topological polar surface area (TPSA) is 83.7 Å². The smallest absolute Gasteiger partial charge is 0.244 e. The second-order valence-electron chi connectivity index (χ2n) is 5.93. The summed E-state index contributed by atoms with van der Waals surface area (Å²) in [7, 11) is -3.75. The predicted molar refractivity (Wildman–Crippen MR) is 102 cm³/mol. The van der Waals surface area contributed by atoms with Crippen molar-refractivity contribution in [3.8, 4) is 0 Å². The van der Waals surface area contributed by atoms with Crippen molar-refractivity contribution < 1.29 is 13.2 Å². The Kier molecular flexibility index (Phi) is 7.98. The van der Waals surface area contributed by atoms with E-state index in [0.29, 0.717) is 13.1 Å². The van der Waals surface area contributed by atoms with Crippen molar-refractivity contribution in [3.63, 3.8) is 0 Å². The molecule has 0 radical (unpaired) electrons. The van der Waals surface area contributed by atoms with Crippen molar-refractivity contribution in [3.05, 3.63) is 28.2 Å². The molecule has 1 aliphatic rings. The molecule has 2 unspecified atom stereocenters. The van der Waals surface area contributed by atoms with Crippen LogP contribution in [0.5, 0.6) is 0 Å². The zero-order chi connectivity index (χ0) is 18.1. The third kappa shape index (κ3) is 4.78. The molecule has 0 aromatic heterocycles. The molecule has 0 spiro atoms. The molecule has 25 heavy (non-hydrogen) atoms. The number of amides is 1. The first kappa shape index (κ1) is 22.5. The molecule has 10 heteroatoms. The molecule has 6 nitrogen and oxygen atoms in total. The molecule has 1 aromatic rings. The Morgan fingerprint density at radius 1 is 1.16 bits per heavy atom. The molecular weight excluding hydrogens is 409 g/mol. The number of nitrogens with zero attached hydrogens (tertiary/aromatic N) is 2. The van der Waals surface area contributed by atoms with Crippen LogP contribution in [0.2, 0.25) is 10.0 Å². The maximum atomic E-state index is 12.7. The van der Waals surface area contributed by atoms with Crippen LogP contribution in [0, 0.1) is 5.92 Å². The third-order valence-electron chi connectivity index (χ3n) is 4.26. The molecule has 2 rings (SSSR count). The minimum absolute atomic E-state index is 0. The molecule has 0 bridgehead atoms. The number of hydrogen-bond donors (Lipinski definition) is 1. The number of halogens is 3. The first-order chi connectivity index (χ1) is 11.2. The molecule has 1 aliphatic heterocycles. The number of carbonyl (C=O) groups is 1. The Hall–Kier alpha value is -0.570. The zero-order valence-corrected chi connectivity index (χ0v) is 17.1. The van der Waals surface area contributed by atoms with Gasteiger partial charge in [0, 0.05) is 32.2 Å². The number of benzene rings is 1. The number of sulfonamides is 1. The highest BCUT2D eigenvalue weighted by atomic mass is 35.5. The van der Waals surface area contributed by atoms with Crippen LogP contribution < -0.4 is 5.73 Å². The third-order valence-corrected chi connectivity index (χ3v) is 7.13. The fraction of sp³-hybridized carbons (Fsp3) is 0.533. The minimum atomic E-state index is -3.75. The minimum Gasteiger partial charge on any atom is -0.340 e. The van der Waals surface area contributed by atoms with E-state index in [2.05, 4.69) is 0 Å². The van der Waals surface area contributed by atoms with Gasteiger partial charge >= 0.3 is 0 Å². The Morgan fingerprint density at radius 2 is 1.72 bits per heavy atom. The highest BCUT2D eigenvalue weighted by molar-refractivity contribution is 7.89. The lowest BCUT2D eigenvalue weighted by Gasteiger charge is -2.36. The summed E-state index contributed by atoms with van der Waals surface area (Å²) in [5, 5.41) is 0.209. The standard InChI is InChI=1S/C15H21Cl2N3O3S.ClH/c1-10(11(2)18)15(21)19-6-8-20(9-7-19)24(22,23)13-5-3-4-12(16)14(13)17;/h3-5,10-11H,6-9,18H2,1-2H3;1H. The lowest BCUT2D eigenvalue weighted by atomic mass is 10.0. The van der Waals surface area contributed by atoms with Gasteiger partial charge in [-0.15, -0.1) is 12.4 Å². The molecule has 1 fully saturated rings. The van der Waals surface area contributed by atoms with Crippen LogP contribution >= 0.6 is 35.6 Å². The normalized spacial score (nSPS) is 18.4. The number of carbonyl (C=O) groups excluding carboxylic acids is 1. The monoisotopic (exact) mass is 429 g/mol. The number of rotatable bonds is 4. The Labute approximate surface area is 164 Å². The summed E-state index contributed by atoms with van der Waals surface area (Å²) in [6.07, 6.45) is 0. The van der Waals surface area contributed by atoms with Crippen LogP contribution in [0.3, 0.4) is 0 Å². The average Bonchev–Trinajstić information content (AvgIpc) is 2.55. The van der Waals surface area contributed by atoms with Crippen molar-refractivity contribution in [2.75, 3.05) is 26.2 Å². The summed E-state index contributed by atoms with van der Waals surface area (Å²) < 4.78 is 26.8. The second kappa shape index (κ2) is 8.88. The molecule has 2 N–H and O–H groups in total. The fourth-order valence-corrected chi connectivity index (χ4v) is 4.64. The maximum Gasteiger partial charge on any atom is 0.244 e. The van der Waals surface area contributed by atoms with Crippen LogP contribution in [-0.2, 0) is 14.8 Å². The number of hydrogen-bond acceptors (Lipinski definition) is 4. The van der Waals surface area contributed by atoms with Gasteiger partial charge in [-0.3, -0.25) is 4.79 Å². The van der Waals surface area contributed by atoms with E-state index < -0.39 is 10.0 Å². The fourth-order valence-electron chi connectivity index (χ4n) is 2.48. The van der Waals surface area contributed by atoms with Crippen molar-refractivity contribution >= 4 is 51.5 Å². The summed E-state index contributed by atoms with van der Waals surface area (Å²) in [5.74, 6) is -0.349. The second-order valence-corrected chi connectivity index (χ2v) is 8.62. The summed E-state index contributed by atoms with van der Waals surface area (Å²) in [5.41, 5.74) is 5.77. The van der Waals surface area contributed by atoms with E-state index in [1.54, 1.807) is 24.8 Å². The van der Waals surface area contributed by atoms with E-state index in [0.717, 1.165) is 0 Å². The lowest BCUT2D eigenvalue weighted by Crippen LogP contribution is -2.53. The zero-order valence-electron chi connectivity index (χ0n) is 14.0. The van der Waals surface area contributed by atoms with Gasteiger partial charge in [0.2, 0.25) is 15.9 Å². The van der Waals surface area contributed by atoms with Crippen LogP contribution in [0.15, 0.2) is 23.1 Å². The van der Waals surface area contributed by atoms with Crippen LogP contribution in [0.4, 0.5) is 0 Å². The number of piperazine rings is 1. The highest BCUT2D eigenvalue weighted by Crippen LogP contribution is 2.31. The lowest BCUT2D eigenvalue weighted by molar-refractivity contribution is -0.136. The van der Waals surface area contributed by atoms with Crippen molar-refractivity contribution in [2.45, 2.75) is 24.8 Å². The van der Waals surface area contributed by atoms with Crippen molar-refractivity contribution in [1.29, 1.82) is 0 Å². The summed E-state index contributed by atoms with van der Waals surface area (Å²) >= 11 is 11.9. The van der Waals surface area contributed by atoms with E-state index in [1.807, 2.05) is 0 Å². The van der Waals surface area contributed by atoms with E-state index in [9.17, 15) is 13.2 Å². The molecule has 1 heterocycles. The van der Waals surface area contributed by atoms with Gasteiger partial charge in [-0.2, -0.15) is 4.31 Å². The van der Waals surface area contributed by atoms with Crippen LogP contribution in [0.25, 0.3) is 0 Å². The summed E-state index contributed by atoms with van der Waals surface area (Å²) in [4.78, 5) is 13.9. The summed E-state index contributed by atoms with van der Waals surface area (Å²) in [6.45, 7) is 4.64. The first-order valence-electron chi connectivity index (χ1n) is 7.64. The summed E-state index contributed by atoms with van der Waals surface area (Å²) in [6, 6.07) is 4.27. The molecule has 2 atom stereocenters. The van der Waals surface area contributed by atoms with E-state index in [-0.39, 0.29) is 58.3 Å². The molecular formula is C15H22Cl3N3O3S. The Bertz CT molecular complexity index is 720. The first-order valence-corrected chi connectivity index (χ1v) is 9.84. The molecule has 0 aliphatic carbocycles. The van der Waals surface area contributed by atoms with Gasteiger partial charge in [0.1, 0.15) is 4.90 Å². The maximum absolute atomic E-state index is 12.7. The van der Waals surface area contributed by atoms with Gasteiger partial charge in [0.05, 0.1) is 16.0 Å². The molecule has 142 valence electrons. The molecule has 0 saturated carbocycles. The van der Waals surface area contributed by atoms with Gasteiger partial charge in [0.25, 0.3) is 0 Å². The number of nitrogens with two attached hydrogens (primary N) is 1. The molecule has 1 aromatic carbocycles. The van der Waals surface area contributed by atoms with E-state index in [4.69, 9.17) is 28.9 Å². The van der Waals surface area contributed by atoms with Gasteiger partial charge in [-0.05, 0) is 19.1 Å². The van der Waals surface area contributed by atoms with E-state index in [1.165, 1.54) is 16.4 Å². The van der Waals surface area contributed by atoms with Gasteiger partial charge in [-0.25, -0.2) is 8.42 Å². The molecule has 1 amide bonds. The average molecular weight is 431 g/mol. The largest absolute Gasteiger partial charge is 0.340 e. The quantitative estimate of drug-likeness (QED) is 0.794. The highest BCUT2D eigenvalue weighted by Gasteiger charge is 2.33. The van der Waals surface area contributed by atoms with Gasteiger partial charge in [-0.1, -0.05) is 36.2 Å². The van der Waals surface area contributed by atoms with Crippen molar-refractivity contribution in [2.24, 2.45) is 11.7 Å². The van der Waals surface area contributed by atoms with Crippen LogP contribution in [-0.4, -0.2) is 55.8 Å². The Morgan fingerprint density at radius 3 is 2.24 bits per heavy atom. The van der Waals surface area contributed by atoms with Gasteiger partial charge in [0.15, 0.2) is 0 Å². The van der Waals surface area contributed by atoms with Crippen molar-refractivity contribution in [1.82, 2.24) is 9.21 Å². The van der Waals surface area contributed by atoms with Gasteiger partial charge < -0.3 is 10.6 Å². The SMILES string of the molecule is CC(N)C(C)C(=O)N1CCN(S(=O)(=O)c2cccc(Cl)c2Cl)CC1.Cl. The van der Waals surface area contributed by atoms with E-state index >= 15 is 0 Å². The predicted octanol–water partition coefficient (Wildman–Crippen LogP) is 2.23. The van der Waals surface area contributed by atoms with Crippen LogP contribution in [0.1, 0.15) is 13.8 Å². The molecule has 1 saturated heterocycles. The Balaban J connectivity index is 0.00000312.